The summed E-state index contributed by atoms with van der Waals surface area (Å²) in [6, 6.07) is 11.2. The lowest BCUT2D eigenvalue weighted by Gasteiger charge is -2.41. The van der Waals surface area contributed by atoms with Gasteiger partial charge in [0.1, 0.15) is 0 Å². The lowest BCUT2D eigenvalue weighted by atomic mass is 9.81. The highest BCUT2D eigenvalue weighted by Crippen LogP contribution is 2.50. The van der Waals surface area contributed by atoms with E-state index in [0.717, 1.165) is 50.9 Å². The Balaban J connectivity index is 1.38. The van der Waals surface area contributed by atoms with Gasteiger partial charge in [0.15, 0.2) is 11.6 Å². The molecule has 7 nitrogen and oxygen atoms in total. The topological polar surface area (TPSA) is 98.9 Å². The number of nitrogens with one attached hydrogen (secondary N) is 1. The number of nitrogens with two attached hydrogens (primary N) is 1. The van der Waals surface area contributed by atoms with E-state index >= 15 is 0 Å². The lowest BCUT2D eigenvalue weighted by Crippen LogP contribution is -2.53. The van der Waals surface area contributed by atoms with Gasteiger partial charge in [-0.05, 0) is 57.0 Å². The number of ketones is 2. The van der Waals surface area contributed by atoms with Gasteiger partial charge >= 0.3 is 12.4 Å². The van der Waals surface area contributed by atoms with Gasteiger partial charge in [-0.2, -0.15) is 26.3 Å². The average molecular weight is 647 g/mol. The van der Waals surface area contributed by atoms with E-state index < -0.39 is 35.1 Å². The largest absolute Gasteiger partial charge is 0.430 e. The van der Waals surface area contributed by atoms with Crippen LogP contribution in [0, 0.1) is 0 Å². The van der Waals surface area contributed by atoms with Crippen LogP contribution in [0.25, 0.3) is 0 Å². The minimum Gasteiger partial charge on any atom is -0.396 e. The smallest absolute Gasteiger partial charge is 0.396 e. The van der Waals surface area contributed by atoms with Crippen LogP contribution < -0.4 is 16.0 Å². The van der Waals surface area contributed by atoms with Crippen LogP contribution in [0.3, 0.4) is 0 Å². The number of benzene rings is 3. The molecule has 46 heavy (non-hydrogen) atoms. The molecule has 4 N–H and O–H groups in total. The van der Waals surface area contributed by atoms with E-state index in [9.17, 15) is 41.0 Å². The highest BCUT2D eigenvalue weighted by molar-refractivity contribution is 6.32. The zero-order valence-electron chi connectivity index (χ0n) is 24.6. The maximum Gasteiger partial charge on any atom is 0.430 e. The van der Waals surface area contributed by atoms with E-state index in [1.165, 1.54) is 18.6 Å². The van der Waals surface area contributed by atoms with Gasteiger partial charge in [0.2, 0.25) is 0 Å². The van der Waals surface area contributed by atoms with Crippen molar-refractivity contribution in [2.24, 2.45) is 0 Å². The first-order valence-corrected chi connectivity index (χ1v) is 15.1. The minimum atomic E-state index is -6.03. The van der Waals surface area contributed by atoms with E-state index in [0.29, 0.717) is 37.0 Å². The molecule has 6 rings (SSSR count). The second-order valence-corrected chi connectivity index (χ2v) is 12.0. The normalized spacial score (nSPS) is 18.4. The highest BCUT2D eigenvalue weighted by atomic mass is 19.4. The van der Waals surface area contributed by atoms with Gasteiger partial charge < -0.3 is 26.0 Å². The summed E-state index contributed by atoms with van der Waals surface area (Å²) < 4.78 is 80.6. The number of halogens is 6. The Hall–Kier alpha value is -4.10. The number of hydrogen-bond acceptors (Lipinski definition) is 7. The number of aliphatic hydroxyl groups is 1. The van der Waals surface area contributed by atoms with Gasteiger partial charge in [-0.3, -0.25) is 9.59 Å². The lowest BCUT2D eigenvalue weighted by molar-refractivity contribution is -0.376. The second kappa shape index (κ2) is 11.6. The molecule has 3 aromatic rings. The summed E-state index contributed by atoms with van der Waals surface area (Å²) >= 11 is 0. The third-order valence-corrected chi connectivity index (χ3v) is 9.33. The zero-order valence-corrected chi connectivity index (χ0v) is 24.6. The fraction of sp³-hybridized carbons (Fsp3) is 0.394. The first-order valence-electron chi connectivity index (χ1n) is 15.1. The first kappa shape index (κ1) is 31.9. The number of carbonyl (C=O) groups is 2. The van der Waals surface area contributed by atoms with Gasteiger partial charge in [0.05, 0.1) is 28.2 Å². The Kier molecular flexibility index (Phi) is 8.04. The highest BCUT2D eigenvalue weighted by Gasteiger charge is 2.71. The molecule has 3 aliphatic rings. The summed E-state index contributed by atoms with van der Waals surface area (Å²) in [6.07, 6.45) is -6.80. The number of nitrogen functional groups attached to an aromatic ring is 1. The predicted molar refractivity (Wildman–Crippen MR) is 161 cm³/mol. The third kappa shape index (κ3) is 5.28. The standard InChI is InChI=1S/C33H32F6N4O3/c34-32(35,36)31(46,33(37,38)39)19-8-10-20(11-9-19)41-24-18-25(43-16-12-21(13-17-43)42-14-4-1-5-15-42)28(40)27-26(24)29(44)22-6-2-3-7-23(22)30(27)45/h2-3,6-11,18,21,41,46H,1,4-5,12-17,40H2. The molecule has 0 bridgehead atoms. The van der Waals surface area contributed by atoms with Crippen LogP contribution in [-0.2, 0) is 5.60 Å². The quantitative estimate of drug-likeness (QED) is 0.167. The van der Waals surface area contributed by atoms with Gasteiger partial charge in [-0.15, -0.1) is 0 Å². The van der Waals surface area contributed by atoms with Crippen LogP contribution in [0.1, 0.15) is 69.5 Å². The Labute approximate surface area is 261 Å². The molecular formula is C33H32F6N4O3. The average Bonchev–Trinajstić information content (AvgIpc) is 3.03. The number of anilines is 4. The first-order chi connectivity index (χ1) is 21.7. The molecule has 0 amide bonds. The van der Waals surface area contributed by atoms with Crippen molar-refractivity contribution in [1.29, 1.82) is 0 Å². The molecule has 2 aliphatic heterocycles. The summed E-state index contributed by atoms with van der Waals surface area (Å²) in [6.45, 7) is 3.37. The second-order valence-electron chi connectivity index (χ2n) is 12.0. The monoisotopic (exact) mass is 646 g/mol. The van der Waals surface area contributed by atoms with Crippen LogP contribution in [0.2, 0.25) is 0 Å². The Morgan fingerprint density at radius 1 is 0.761 bits per heavy atom. The van der Waals surface area contributed by atoms with E-state index in [2.05, 4.69) is 10.2 Å². The predicted octanol–water partition coefficient (Wildman–Crippen LogP) is 6.55. The maximum absolute atomic E-state index is 13.8. The fourth-order valence-electron chi connectivity index (χ4n) is 6.86. The van der Waals surface area contributed by atoms with Crippen LogP contribution in [-0.4, -0.2) is 66.1 Å². The van der Waals surface area contributed by atoms with Crippen molar-refractivity contribution in [2.75, 3.05) is 42.1 Å². The molecule has 0 radical (unpaired) electrons. The Morgan fingerprint density at radius 3 is 1.85 bits per heavy atom. The van der Waals surface area contributed by atoms with Crippen molar-refractivity contribution in [3.8, 4) is 0 Å². The molecule has 13 heteroatoms. The molecule has 0 unspecified atom stereocenters. The Bertz CT molecular complexity index is 1640. The number of fused-ring (bicyclic) bond motifs is 2. The molecule has 1 aliphatic carbocycles. The molecule has 244 valence electrons. The number of likely N-dealkylation sites (tertiary alicyclic amines) is 1. The summed E-state index contributed by atoms with van der Waals surface area (Å²) in [5.41, 5.74) is 1.18. The molecule has 0 aromatic heterocycles. The molecular weight excluding hydrogens is 614 g/mol. The molecule has 2 saturated heterocycles. The van der Waals surface area contributed by atoms with Crippen molar-refractivity contribution in [3.63, 3.8) is 0 Å². The maximum atomic E-state index is 13.8. The number of hydrogen-bond donors (Lipinski definition) is 3. The molecule has 2 fully saturated rings. The number of piperidine rings is 2. The molecule has 2 heterocycles. The van der Waals surface area contributed by atoms with E-state index in [1.807, 2.05) is 4.90 Å². The third-order valence-electron chi connectivity index (χ3n) is 9.33. The van der Waals surface area contributed by atoms with Gasteiger partial charge in [-0.1, -0.05) is 42.8 Å². The van der Waals surface area contributed by atoms with Crippen LogP contribution >= 0.6 is 0 Å². The van der Waals surface area contributed by atoms with Gasteiger partial charge in [0, 0.05) is 41.5 Å². The summed E-state index contributed by atoms with van der Waals surface area (Å²) in [5, 5.41) is 12.7. The molecule has 0 atom stereocenters. The Morgan fingerprint density at radius 2 is 1.30 bits per heavy atom. The van der Waals surface area contributed by atoms with Crippen LogP contribution in [0.15, 0.2) is 54.6 Å². The van der Waals surface area contributed by atoms with Crippen molar-refractivity contribution < 1.29 is 41.0 Å². The van der Waals surface area contributed by atoms with Crippen molar-refractivity contribution >= 4 is 34.3 Å². The minimum absolute atomic E-state index is 0.0120. The molecule has 3 aromatic carbocycles. The van der Waals surface area contributed by atoms with Crippen molar-refractivity contribution in [2.45, 2.75) is 56.1 Å². The summed E-state index contributed by atoms with van der Waals surface area (Å²) in [4.78, 5) is 32.1. The summed E-state index contributed by atoms with van der Waals surface area (Å²) in [7, 11) is 0. The molecule has 0 saturated carbocycles. The number of nitrogens with zero attached hydrogens (tertiary/aromatic N) is 2. The van der Waals surface area contributed by atoms with E-state index in [-0.39, 0.29) is 39.3 Å². The number of rotatable bonds is 5. The number of alkyl halides is 6. The SMILES string of the molecule is Nc1c(N2CCC(N3CCCCC3)CC2)cc(Nc2ccc(C(O)(C(F)(F)F)C(F)(F)F)cc2)c2c1C(=O)c1ccccc1C2=O. The van der Waals surface area contributed by atoms with Crippen LogP contribution in [0.4, 0.5) is 49.1 Å². The van der Waals surface area contributed by atoms with Gasteiger partial charge in [-0.25, -0.2) is 0 Å². The summed E-state index contributed by atoms with van der Waals surface area (Å²) in [5.74, 6) is -0.971. The zero-order chi connectivity index (χ0) is 33.0. The van der Waals surface area contributed by atoms with Crippen molar-refractivity contribution in [3.05, 3.63) is 82.4 Å². The molecule has 0 spiro atoms. The van der Waals surface area contributed by atoms with E-state index in [4.69, 9.17) is 5.73 Å². The van der Waals surface area contributed by atoms with Gasteiger partial charge in [0.25, 0.3) is 5.60 Å². The fourth-order valence-corrected chi connectivity index (χ4v) is 6.86. The van der Waals surface area contributed by atoms with E-state index in [1.54, 1.807) is 18.2 Å². The van der Waals surface area contributed by atoms with Crippen molar-refractivity contribution in [1.82, 2.24) is 4.90 Å². The van der Waals surface area contributed by atoms with Crippen LogP contribution in [0.5, 0.6) is 0 Å². The number of carbonyl (C=O) groups excluding carboxylic acids is 2.